The molecule has 0 fully saturated rings. The molecule has 0 aliphatic heterocycles. The molecule has 0 amide bonds. The van der Waals surface area contributed by atoms with Crippen LogP contribution in [0.2, 0.25) is 0 Å². The number of nitrogens with zero attached hydrogens (tertiary/aromatic N) is 4. The highest BCUT2D eigenvalue weighted by molar-refractivity contribution is 7.45. The smallest absolute Gasteiger partial charge is 0.323 e. The van der Waals surface area contributed by atoms with Crippen molar-refractivity contribution < 1.29 is 32.4 Å². The maximum Gasteiger partial charge on any atom is 0.323 e. The molecule has 3 aromatic carbocycles. The molecule has 0 saturated heterocycles. The van der Waals surface area contributed by atoms with Crippen molar-refractivity contribution in [3.05, 3.63) is 84.7 Å². The van der Waals surface area contributed by atoms with Gasteiger partial charge >= 0.3 is 14.5 Å². The van der Waals surface area contributed by atoms with Gasteiger partial charge in [-0.1, -0.05) is 66.7 Å². The minimum atomic E-state index is -1.98. The van der Waals surface area contributed by atoms with Crippen molar-refractivity contribution in [2.75, 3.05) is 26.6 Å². The first-order chi connectivity index (χ1) is 22.3. The zero-order chi connectivity index (χ0) is 32.6. The lowest BCUT2D eigenvalue weighted by Gasteiger charge is -2.28. The molecule has 0 aliphatic carbocycles. The highest BCUT2D eigenvalue weighted by atomic mass is 31.2. The van der Waals surface area contributed by atoms with Gasteiger partial charge in [0.2, 0.25) is 11.8 Å². The van der Waals surface area contributed by atoms with Crippen LogP contribution in [0.15, 0.2) is 79.1 Å². The lowest BCUT2D eigenvalue weighted by molar-refractivity contribution is -0.146. The molecule has 5 aromatic rings. The molecule has 242 valence electrons. The third kappa shape index (κ3) is 7.68. The molecular formula is C32H36FN6O6P. The van der Waals surface area contributed by atoms with Crippen molar-refractivity contribution in [3.63, 3.8) is 0 Å². The molecule has 0 saturated carbocycles. The summed E-state index contributed by atoms with van der Waals surface area (Å²) in [4.78, 5) is 25.5. The maximum absolute atomic E-state index is 16.1. The van der Waals surface area contributed by atoms with E-state index in [9.17, 15) is 4.79 Å². The lowest BCUT2D eigenvalue weighted by atomic mass is 10.1. The first-order valence-electron chi connectivity index (χ1n) is 14.6. The number of methoxy groups -OCH3 is 2. The number of nitrogens with two attached hydrogens (primary N) is 1. The third-order valence-electron chi connectivity index (χ3n) is 7.32. The van der Waals surface area contributed by atoms with E-state index in [-0.39, 0.29) is 25.0 Å². The molecule has 2 aromatic heterocycles. The van der Waals surface area contributed by atoms with Gasteiger partial charge < -0.3 is 33.6 Å². The summed E-state index contributed by atoms with van der Waals surface area (Å²) in [6, 6.07) is 21.1. The number of benzene rings is 3. The van der Waals surface area contributed by atoms with Crippen molar-refractivity contribution in [1.29, 1.82) is 0 Å². The van der Waals surface area contributed by atoms with Crippen LogP contribution in [-0.2, 0) is 25.4 Å². The molecule has 3 N–H and O–H groups in total. The number of alkyl halides is 1. The van der Waals surface area contributed by atoms with Crippen LogP contribution in [0.25, 0.3) is 21.9 Å². The number of nitrogen functional groups attached to an aromatic ring is 1. The summed E-state index contributed by atoms with van der Waals surface area (Å²) < 4.78 is 46.4. The molecule has 5 rings (SSSR count). The van der Waals surface area contributed by atoms with E-state index in [1.54, 1.807) is 24.5 Å². The number of ether oxygens (including phenoxy) is 3. The van der Waals surface area contributed by atoms with E-state index >= 15 is 4.39 Å². The van der Waals surface area contributed by atoms with Crippen LogP contribution in [0.3, 0.4) is 0 Å². The molecular weight excluding hydrogens is 614 g/mol. The van der Waals surface area contributed by atoms with Gasteiger partial charge in [-0.15, -0.1) is 0 Å². The predicted octanol–water partition coefficient (Wildman–Crippen LogP) is 5.53. The predicted molar refractivity (Wildman–Crippen MR) is 173 cm³/mol. The number of esters is 1. The van der Waals surface area contributed by atoms with Crippen LogP contribution in [0.4, 0.5) is 10.3 Å². The molecule has 5 unspecified atom stereocenters. The van der Waals surface area contributed by atoms with Gasteiger partial charge in [-0.3, -0.25) is 4.79 Å². The Bertz CT molecular complexity index is 1760. The Balaban J connectivity index is 1.31. The summed E-state index contributed by atoms with van der Waals surface area (Å²) >= 11 is 0. The first kappa shape index (κ1) is 33.0. The molecule has 0 aliphatic rings. The Hall–Kier alpha value is -4.42. The van der Waals surface area contributed by atoms with Crippen LogP contribution in [-0.4, -0.2) is 64.6 Å². The van der Waals surface area contributed by atoms with E-state index in [4.69, 9.17) is 29.0 Å². The van der Waals surface area contributed by atoms with E-state index in [2.05, 4.69) is 20.0 Å². The van der Waals surface area contributed by atoms with Gasteiger partial charge in [0.05, 0.1) is 26.1 Å². The largest absolute Gasteiger partial charge is 0.479 e. The Morgan fingerprint density at radius 1 is 1.02 bits per heavy atom. The molecule has 14 heteroatoms. The van der Waals surface area contributed by atoms with Gasteiger partial charge in [0.15, 0.2) is 11.2 Å². The van der Waals surface area contributed by atoms with Crippen molar-refractivity contribution in [2.45, 2.75) is 44.8 Å². The van der Waals surface area contributed by atoms with E-state index in [1.165, 1.54) is 20.5 Å². The van der Waals surface area contributed by atoms with Crippen molar-refractivity contribution in [1.82, 2.24) is 24.6 Å². The van der Waals surface area contributed by atoms with Gasteiger partial charge in [-0.25, -0.2) is 14.5 Å². The molecule has 5 atom stereocenters. The number of imidazole rings is 1. The number of fused-ring (bicyclic) bond motifs is 2. The maximum atomic E-state index is 16.1. The van der Waals surface area contributed by atoms with Crippen LogP contribution >= 0.6 is 8.53 Å². The molecule has 0 bridgehead atoms. The standard InChI is InChI=1S/C32H36FN6O6P/c1-20(31(40)43-17-22-11-6-5-7-12-22)38-46(45-25-16-10-14-23-13-8-9-15-24(23)25)44-18-26(41-3)27(33)21(2)39-19-35-28-29(39)36-32(34)37-30(28)42-4/h5-16,19-21,26-27,38H,17-18H2,1-4H3,(H2,34,36,37). The summed E-state index contributed by atoms with van der Waals surface area (Å²) in [5.41, 5.74) is 7.38. The van der Waals surface area contributed by atoms with Crippen LogP contribution < -0.4 is 20.1 Å². The summed E-state index contributed by atoms with van der Waals surface area (Å²) in [6.45, 7) is 3.23. The van der Waals surface area contributed by atoms with Crippen LogP contribution in [0.1, 0.15) is 25.5 Å². The Labute approximate surface area is 267 Å². The normalized spacial score (nSPS) is 14.8. The number of aromatic nitrogens is 4. The highest BCUT2D eigenvalue weighted by Gasteiger charge is 2.32. The molecule has 12 nitrogen and oxygen atoms in total. The lowest BCUT2D eigenvalue weighted by Crippen LogP contribution is -2.37. The van der Waals surface area contributed by atoms with Gasteiger partial charge in [-0.05, 0) is 30.9 Å². The quantitative estimate of drug-likeness (QED) is 0.109. The third-order valence-corrected chi connectivity index (χ3v) is 8.67. The fourth-order valence-electron chi connectivity index (χ4n) is 4.76. The van der Waals surface area contributed by atoms with Crippen LogP contribution in [0, 0.1) is 0 Å². The monoisotopic (exact) mass is 650 g/mol. The van der Waals surface area contributed by atoms with Crippen molar-refractivity contribution >= 4 is 42.4 Å². The van der Waals surface area contributed by atoms with E-state index < -0.39 is 38.9 Å². The SMILES string of the molecule is COc1nc(N)nc2c1ncn2C(C)C(F)C(COP(NC(C)C(=O)OCc1ccccc1)Oc1cccc2ccccc12)OC. The van der Waals surface area contributed by atoms with E-state index in [0.29, 0.717) is 16.9 Å². The molecule has 46 heavy (non-hydrogen) atoms. The topological polar surface area (TPSA) is 145 Å². The average Bonchev–Trinajstić information content (AvgIpc) is 3.50. The second-order valence-corrected chi connectivity index (χ2v) is 11.7. The van der Waals surface area contributed by atoms with Gasteiger partial charge in [-0.2, -0.15) is 9.97 Å². The fraction of sp³-hybridized carbons (Fsp3) is 0.312. The first-order valence-corrected chi connectivity index (χ1v) is 15.7. The fourth-order valence-corrected chi connectivity index (χ4v) is 5.98. The van der Waals surface area contributed by atoms with Gasteiger partial charge in [0, 0.05) is 12.5 Å². The number of rotatable bonds is 15. The summed E-state index contributed by atoms with van der Waals surface area (Å²) in [5.74, 6) is 0.204. The second-order valence-electron chi connectivity index (χ2n) is 10.4. The number of halogens is 1. The summed E-state index contributed by atoms with van der Waals surface area (Å²) in [7, 11) is 0.853. The molecule has 0 spiro atoms. The minimum Gasteiger partial charge on any atom is -0.479 e. The average molecular weight is 651 g/mol. The Morgan fingerprint density at radius 3 is 2.52 bits per heavy atom. The second kappa shape index (κ2) is 15.2. The zero-order valence-corrected chi connectivity index (χ0v) is 26.8. The minimum absolute atomic E-state index is 0.0287. The number of anilines is 1. The Morgan fingerprint density at radius 2 is 1.76 bits per heavy atom. The van der Waals surface area contributed by atoms with E-state index in [0.717, 1.165) is 16.3 Å². The number of nitrogens with one attached hydrogen (secondary N) is 1. The number of carbonyl (C=O) groups excluding carboxylic acids is 1. The summed E-state index contributed by atoms with van der Waals surface area (Å²) in [5, 5.41) is 4.91. The summed E-state index contributed by atoms with van der Waals surface area (Å²) in [6.07, 6.45) is -1.16. The van der Waals surface area contributed by atoms with E-state index in [1.807, 2.05) is 66.7 Å². The number of carbonyl (C=O) groups is 1. The van der Waals surface area contributed by atoms with Gasteiger partial charge in [0.25, 0.3) is 0 Å². The Kier molecular flexibility index (Phi) is 10.9. The molecule has 0 radical (unpaired) electrons. The number of hydrogen-bond donors (Lipinski definition) is 2. The number of hydrogen-bond acceptors (Lipinski definition) is 11. The highest BCUT2D eigenvalue weighted by Crippen LogP contribution is 2.40. The van der Waals surface area contributed by atoms with Crippen LogP contribution in [0.5, 0.6) is 11.6 Å². The zero-order valence-electron chi connectivity index (χ0n) is 25.9. The van der Waals surface area contributed by atoms with Gasteiger partial charge in [0.1, 0.15) is 30.7 Å². The van der Waals surface area contributed by atoms with Crippen molar-refractivity contribution in [3.8, 4) is 11.6 Å². The molecule has 2 heterocycles. The van der Waals surface area contributed by atoms with Crippen molar-refractivity contribution in [2.24, 2.45) is 0 Å².